The standard InChI is InChI=1S/C12H17NO3S/c1-2-3-10(12(15)16)13-11(14)5-4-9-6-7-17-8-9/h6-8,10H,2-5H2,1H3,(H,13,14)(H,15,16)/t10-/m1/s1. The highest BCUT2D eigenvalue weighted by Gasteiger charge is 2.18. The topological polar surface area (TPSA) is 66.4 Å². The van der Waals surface area contributed by atoms with E-state index >= 15 is 0 Å². The van der Waals surface area contributed by atoms with Crippen molar-refractivity contribution >= 4 is 23.2 Å². The molecule has 0 aliphatic carbocycles. The van der Waals surface area contributed by atoms with Gasteiger partial charge >= 0.3 is 5.97 Å². The number of hydrogen-bond acceptors (Lipinski definition) is 3. The third-order valence-corrected chi connectivity index (χ3v) is 3.16. The van der Waals surface area contributed by atoms with E-state index in [9.17, 15) is 9.59 Å². The van der Waals surface area contributed by atoms with Crippen molar-refractivity contribution in [3.63, 3.8) is 0 Å². The quantitative estimate of drug-likeness (QED) is 0.783. The number of carbonyl (C=O) groups excluding carboxylic acids is 1. The molecule has 5 heteroatoms. The average Bonchev–Trinajstić information content (AvgIpc) is 2.78. The lowest BCUT2D eigenvalue weighted by Crippen LogP contribution is -2.40. The summed E-state index contributed by atoms with van der Waals surface area (Å²) in [5.41, 5.74) is 1.12. The molecule has 0 saturated heterocycles. The molecule has 0 aliphatic heterocycles. The zero-order chi connectivity index (χ0) is 12.7. The zero-order valence-electron chi connectivity index (χ0n) is 9.81. The predicted octanol–water partition coefficient (Wildman–Crippen LogP) is 2.05. The fourth-order valence-corrected chi connectivity index (χ4v) is 2.21. The van der Waals surface area contributed by atoms with Crippen molar-refractivity contribution in [2.24, 2.45) is 0 Å². The van der Waals surface area contributed by atoms with E-state index in [2.05, 4.69) is 5.32 Å². The van der Waals surface area contributed by atoms with E-state index < -0.39 is 12.0 Å². The van der Waals surface area contributed by atoms with Gasteiger partial charge in [-0.25, -0.2) is 4.79 Å². The number of rotatable bonds is 7. The third kappa shape index (κ3) is 4.99. The molecule has 0 unspecified atom stereocenters. The monoisotopic (exact) mass is 255 g/mol. The number of carboxylic acid groups (broad SMARTS) is 1. The first-order valence-corrected chi connectivity index (χ1v) is 6.61. The fourth-order valence-electron chi connectivity index (χ4n) is 1.51. The Morgan fingerprint density at radius 3 is 2.82 bits per heavy atom. The van der Waals surface area contributed by atoms with E-state index in [0.717, 1.165) is 12.0 Å². The molecule has 1 aromatic rings. The van der Waals surface area contributed by atoms with Crippen molar-refractivity contribution in [2.45, 2.75) is 38.6 Å². The van der Waals surface area contributed by atoms with Crippen LogP contribution in [0.1, 0.15) is 31.7 Å². The molecule has 4 nitrogen and oxygen atoms in total. The molecule has 0 aliphatic rings. The highest BCUT2D eigenvalue weighted by molar-refractivity contribution is 7.07. The molecule has 1 atom stereocenters. The number of thiophene rings is 1. The van der Waals surface area contributed by atoms with Crippen LogP contribution in [0.2, 0.25) is 0 Å². The molecule has 1 aromatic heterocycles. The van der Waals surface area contributed by atoms with Crippen LogP contribution in [0.3, 0.4) is 0 Å². The van der Waals surface area contributed by atoms with Crippen LogP contribution in [0, 0.1) is 0 Å². The molecule has 94 valence electrons. The minimum atomic E-state index is -0.962. The smallest absolute Gasteiger partial charge is 0.326 e. The lowest BCUT2D eigenvalue weighted by atomic mass is 10.1. The second-order valence-corrected chi connectivity index (χ2v) is 4.66. The number of aliphatic carboxylic acids is 1. The van der Waals surface area contributed by atoms with E-state index in [0.29, 0.717) is 19.3 Å². The van der Waals surface area contributed by atoms with Crippen LogP contribution in [0.4, 0.5) is 0 Å². The number of nitrogens with one attached hydrogen (secondary N) is 1. The van der Waals surface area contributed by atoms with Crippen molar-refractivity contribution in [1.82, 2.24) is 5.32 Å². The third-order valence-electron chi connectivity index (χ3n) is 2.43. The normalized spacial score (nSPS) is 12.1. The first kappa shape index (κ1) is 13.7. The van der Waals surface area contributed by atoms with Gasteiger partial charge in [0.2, 0.25) is 5.91 Å². The van der Waals surface area contributed by atoms with Crippen LogP contribution in [-0.2, 0) is 16.0 Å². The van der Waals surface area contributed by atoms with Crippen LogP contribution in [0.15, 0.2) is 16.8 Å². The number of aryl methyl sites for hydroxylation is 1. The first-order chi connectivity index (χ1) is 8.13. The van der Waals surface area contributed by atoms with Crippen LogP contribution in [0.25, 0.3) is 0 Å². The summed E-state index contributed by atoms with van der Waals surface area (Å²) in [4.78, 5) is 22.4. The van der Waals surface area contributed by atoms with E-state index in [1.807, 2.05) is 23.8 Å². The molecule has 0 bridgehead atoms. The van der Waals surface area contributed by atoms with Gasteiger partial charge in [-0.1, -0.05) is 13.3 Å². The largest absolute Gasteiger partial charge is 0.480 e. The minimum Gasteiger partial charge on any atom is -0.480 e. The van der Waals surface area contributed by atoms with Crippen molar-refractivity contribution in [1.29, 1.82) is 0 Å². The van der Waals surface area contributed by atoms with Gasteiger partial charge in [-0.2, -0.15) is 11.3 Å². The van der Waals surface area contributed by atoms with Gasteiger partial charge in [0, 0.05) is 6.42 Å². The Balaban J connectivity index is 2.34. The van der Waals surface area contributed by atoms with Gasteiger partial charge in [0.15, 0.2) is 0 Å². The van der Waals surface area contributed by atoms with Crippen LogP contribution in [0.5, 0.6) is 0 Å². The summed E-state index contributed by atoms with van der Waals surface area (Å²) in [6.07, 6.45) is 2.21. The van der Waals surface area contributed by atoms with Gasteiger partial charge in [-0.3, -0.25) is 4.79 Å². The Labute approximate surface area is 105 Å². The summed E-state index contributed by atoms with van der Waals surface area (Å²) in [5, 5.41) is 15.4. The second kappa shape index (κ2) is 7.06. The van der Waals surface area contributed by atoms with Crippen molar-refractivity contribution in [3.05, 3.63) is 22.4 Å². The number of hydrogen-bond donors (Lipinski definition) is 2. The summed E-state index contributed by atoms with van der Waals surface area (Å²) in [5.74, 6) is -1.16. The molecule has 0 aromatic carbocycles. The summed E-state index contributed by atoms with van der Waals surface area (Å²) >= 11 is 1.59. The summed E-state index contributed by atoms with van der Waals surface area (Å²) in [6.45, 7) is 1.90. The highest BCUT2D eigenvalue weighted by Crippen LogP contribution is 2.08. The average molecular weight is 255 g/mol. The van der Waals surface area contributed by atoms with E-state index in [1.165, 1.54) is 0 Å². The number of carbonyl (C=O) groups is 2. The van der Waals surface area contributed by atoms with Gasteiger partial charge < -0.3 is 10.4 Å². The Morgan fingerprint density at radius 1 is 1.53 bits per heavy atom. The minimum absolute atomic E-state index is 0.197. The molecule has 2 N–H and O–H groups in total. The molecule has 1 heterocycles. The molecule has 1 rings (SSSR count). The van der Waals surface area contributed by atoms with Crippen molar-refractivity contribution in [2.75, 3.05) is 0 Å². The van der Waals surface area contributed by atoms with Crippen molar-refractivity contribution < 1.29 is 14.7 Å². The van der Waals surface area contributed by atoms with E-state index in [4.69, 9.17) is 5.11 Å². The molecule has 0 fully saturated rings. The summed E-state index contributed by atoms with van der Waals surface area (Å²) < 4.78 is 0. The Hall–Kier alpha value is -1.36. The lowest BCUT2D eigenvalue weighted by molar-refractivity contribution is -0.142. The molecule has 17 heavy (non-hydrogen) atoms. The van der Waals surface area contributed by atoms with Crippen LogP contribution >= 0.6 is 11.3 Å². The van der Waals surface area contributed by atoms with Gasteiger partial charge in [0.1, 0.15) is 6.04 Å². The molecule has 1 amide bonds. The van der Waals surface area contributed by atoms with Gasteiger partial charge in [-0.15, -0.1) is 0 Å². The molecular weight excluding hydrogens is 238 g/mol. The summed E-state index contributed by atoms with van der Waals surface area (Å²) in [7, 11) is 0. The molecule has 0 radical (unpaired) electrons. The Bertz CT molecular complexity index is 362. The molecule has 0 saturated carbocycles. The highest BCUT2D eigenvalue weighted by atomic mass is 32.1. The molecule has 0 spiro atoms. The zero-order valence-corrected chi connectivity index (χ0v) is 10.6. The van der Waals surface area contributed by atoms with Gasteiger partial charge in [-0.05, 0) is 35.2 Å². The maximum Gasteiger partial charge on any atom is 0.326 e. The fraction of sp³-hybridized carbons (Fsp3) is 0.500. The number of carboxylic acids is 1. The molecular formula is C12H17NO3S. The van der Waals surface area contributed by atoms with Crippen molar-refractivity contribution in [3.8, 4) is 0 Å². The van der Waals surface area contributed by atoms with Gasteiger partial charge in [0.05, 0.1) is 0 Å². The van der Waals surface area contributed by atoms with Gasteiger partial charge in [0.25, 0.3) is 0 Å². The maximum absolute atomic E-state index is 11.6. The number of amides is 1. The van der Waals surface area contributed by atoms with E-state index in [-0.39, 0.29) is 5.91 Å². The Morgan fingerprint density at radius 2 is 2.29 bits per heavy atom. The predicted molar refractivity (Wildman–Crippen MR) is 67.1 cm³/mol. The SMILES string of the molecule is CCC[C@@H](NC(=O)CCc1ccsc1)C(=O)O. The maximum atomic E-state index is 11.6. The first-order valence-electron chi connectivity index (χ1n) is 5.66. The van der Waals surface area contributed by atoms with Crippen LogP contribution < -0.4 is 5.32 Å². The van der Waals surface area contributed by atoms with Crippen LogP contribution in [-0.4, -0.2) is 23.0 Å². The second-order valence-electron chi connectivity index (χ2n) is 3.88. The summed E-state index contributed by atoms with van der Waals surface area (Å²) in [6, 6.07) is 1.22. The van der Waals surface area contributed by atoms with E-state index in [1.54, 1.807) is 11.3 Å². The Kier molecular flexibility index (Phi) is 5.69. The lowest BCUT2D eigenvalue weighted by Gasteiger charge is -2.13.